The zero-order valence-electron chi connectivity index (χ0n) is 11.9. The number of rotatable bonds is 7. The van der Waals surface area contributed by atoms with Crippen LogP contribution < -0.4 is 16.4 Å². The van der Waals surface area contributed by atoms with Gasteiger partial charge in [0, 0.05) is 17.8 Å². The van der Waals surface area contributed by atoms with Gasteiger partial charge in [-0.2, -0.15) is 11.8 Å². The lowest BCUT2D eigenvalue weighted by atomic mass is 9.93. The molecule has 1 amide bonds. The normalized spacial score (nSPS) is 16.5. The Hall–Kier alpha value is -0.950. The van der Waals surface area contributed by atoms with E-state index < -0.39 is 0 Å². The third-order valence-corrected chi connectivity index (χ3v) is 5.23. The molecule has 5 nitrogen and oxygen atoms in total. The molecular weight excluding hydrogens is 292 g/mol. The molecule has 1 aliphatic rings. The number of nitrogen functional groups attached to an aromatic ring is 1. The number of hydrogen-bond acceptors (Lipinski definition) is 6. The molecule has 1 aromatic rings. The lowest BCUT2D eigenvalue weighted by Gasteiger charge is -2.25. The second-order valence-electron chi connectivity index (χ2n) is 5.04. The van der Waals surface area contributed by atoms with Crippen molar-refractivity contribution in [1.29, 1.82) is 0 Å². The molecule has 0 bridgehead atoms. The van der Waals surface area contributed by atoms with Crippen LogP contribution in [-0.2, 0) is 0 Å². The third-order valence-electron chi connectivity index (χ3n) is 3.49. The molecule has 2 rings (SSSR count). The fraction of sp³-hybridized carbons (Fsp3) is 0.692. The van der Waals surface area contributed by atoms with E-state index in [0.29, 0.717) is 16.7 Å². The van der Waals surface area contributed by atoms with Crippen molar-refractivity contribution in [2.75, 3.05) is 23.1 Å². The summed E-state index contributed by atoms with van der Waals surface area (Å²) in [7, 11) is 0. The molecule has 1 atom stereocenters. The number of carbonyl (C=O) groups excluding carboxylic acids is 1. The predicted octanol–water partition coefficient (Wildman–Crippen LogP) is 2.56. The molecule has 0 aromatic carbocycles. The molecule has 1 heterocycles. The molecule has 1 saturated carbocycles. The standard InChI is InChI=1S/C13H22N4OS2/c1-3-8(7-19-2)15-12(18)10-11(14)17-13(20-10)16-9-5-4-6-9/h8-9H,3-7,14H2,1-2H3,(H,15,18)(H,16,17). The molecule has 4 N–H and O–H groups in total. The van der Waals surface area contributed by atoms with Gasteiger partial charge in [0.2, 0.25) is 0 Å². The van der Waals surface area contributed by atoms with Crippen molar-refractivity contribution in [1.82, 2.24) is 10.3 Å². The van der Waals surface area contributed by atoms with Gasteiger partial charge in [0.25, 0.3) is 5.91 Å². The Morgan fingerprint density at radius 1 is 1.60 bits per heavy atom. The Balaban J connectivity index is 1.97. The molecule has 7 heteroatoms. The van der Waals surface area contributed by atoms with Gasteiger partial charge in [-0.05, 0) is 31.9 Å². The number of nitrogens with two attached hydrogens (primary N) is 1. The van der Waals surface area contributed by atoms with E-state index in [1.165, 1.54) is 30.6 Å². The molecule has 1 aromatic heterocycles. The summed E-state index contributed by atoms with van der Waals surface area (Å²) in [6, 6.07) is 0.679. The summed E-state index contributed by atoms with van der Waals surface area (Å²) in [6.45, 7) is 2.07. The smallest absolute Gasteiger partial charge is 0.265 e. The summed E-state index contributed by atoms with van der Waals surface area (Å²) in [4.78, 5) is 17.0. The van der Waals surface area contributed by atoms with Crippen molar-refractivity contribution >= 4 is 40.0 Å². The Morgan fingerprint density at radius 2 is 2.35 bits per heavy atom. The van der Waals surface area contributed by atoms with Gasteiger partial charge in [-0.15, -0.1) is 0 Å². The summed E-state index contributed by atoms with van der Waals surface area (Å²) in [5.41, 5.74) is 5.86. The number of amides is 1. The number of thiazole rings is 1. The van der Waals surface area contributed by atoms with Gasteiger partial charge in [0.15, 0.2) is 5.13 Å². The van der Waals surface area contributed by atoms with Gasteiger partial charge in [-0.1, -0.05) is 18.3 Å². The number of nitrogens with zero attached hydrogens (tertiary/aromatic N) is 1. The summed E-state index contributed by atoms with van der Waals surface area (Å²) >= 11 is 3.08. The molecule has 112 valence electrons. The molecule has 1 fully saturated rings. The summed E-state index contributed by atoms with van der Waals surface area (Å²) < 4.78 is 0. The van der Waals surface area contributed by atoms with Crippen LogP contribution in [-0.4, -0.2) is 35.0 Å². The first-order chi connectivity index (χ1) is 9.63. The highest BCUT2D eigenvalue weighted by Gasteiger charge is 2.22. The number of nitrogens with one attached hydrogen (secondary N) is 2. The fourth-order valence-corrected chi connectivity index (χ4v) is 3.58. The number of carbonyl (C=O) groups is 1. The quantitative estimate of drug-likeness (QED) is 0.721. The monoisotopic (exact) mass is 314 g/mol. The van der Waals surface area contributed by atoms with Crippen molar-refractivity contribution in [3.05, 3.63) is 4.88 Å². The van der Waals surface area contributed by atoms with Gasteiger partial charge in [0.05, 0.1) is 0 Å². The first kappa shape index (κ1) is 15.4. The minimum absolute atomic E-state index is 0.109. The van der Waals surface area contributed by atoms with Crippen LogP contribution in [0.4, 0.5) is 10.9 Å². The van der Waals surface area contributed by atoms with Crippen molar-refractivity contribution < 1.29 is 4.79 Å². The lowest BCUT2D eigenvalue weighted by molar-refractivity contribution is 0.0945. The van der Waals surface area contributed by atoms with E-state index in [9.17, 15) is 4.79 Å². The largest absolute Gasteiger partial charge is 0.382 e. The van der Waals surface area contributed by atoms with Crippen molar-refractivity contribution in [3.8, 4) is 0 Å². The molecule has 0 radical (unpaired) electrons. The zero-order chi connectivity index (χ0) is 14.5. The maximum atomic E-state index is 12.2. The predicted molar refractivity (Wildman–Crippen MR) is 87.7 cm³/mol. The Kier molecular flexibility index (Phi) is 5.54. The van der Waals surface area contributed by atoms with Crippen molar-refractivity contribution in [2.24, 2.45) is 0 Å². The van der Waals surface area contributed by atoms with Crippen LogP contribution in [0.15, 0.2) is 0 Å². The molecule has 1 aliphatic carbocycles. The van der Waals surface area contributed by atoms with E-state index in [4.69, 9.17) is 5.73 Å². The molecule has 0 saturated heterocycles. The molecule has 0 aliphatic heterocycles. The van der Waals surface area contributed by atoms with E-state index in [0.717, 1.165) is 17.3 Å². The van der Waals surface area contributed by atoms with Gasteiger partial charge >= 0.3 is 0 Å². The highest BCUT2D eigenvalue weighted by molar-refractivity contribution is 7.98. The first-order valence-electron chi connectivity index (χ1n) is 6.96. The number of aromatic nitrogens is 1. The van der Waals surface area contributed by atoms with E-state index in [1.807, 2.05) is 6.26 Å². The zero-order valence-corrected chi connectivity index (χ0v) is 13.6. The van der Waals surface area contributed by atoms with Crippen LogP contribution in [0.2, 0.25) is 0 Å². The third kappa shape index (κ3) is 3.79. The van der Waals surface area contributed by atoms with Crippen LogP contribution in [0.1, 0.15) is 42.3 Å². The van der Waals surface area contributed by atoms with E-state index in [1.54, 1.807) is 11.8 Å². The summed E-state index contributed by atoms with van der Waals surface area (Å²) in [6.07, 6.45) is 6.56. The maximum Gasteiger partial charge on any atom is 0.265 e. The first-order valence-corrected chi connectivity index (χ1v) is 9.17. The topological polar surface area (TPSA) is 80.0 Å². The second kappa shape index (κ2) is 7.17. The number of hydrogen-bond donors (Lipinski definition) is 3. The van der Waals surface area contributed by atoms with E-state index in [-0.39, 0.29) is 11.9 Å². The van der Waals surface area contributed by atoms with Gasteiger partial charge < -0.3 is 16.4 Å². The van der Waals surface area contributed by atoms with Crippen LogP contribution >= 0.6 is 23.1 Å². The Bertz CT molecular complexity index is 459. The molecule has 0 spiro atoms. The van der Waals surface area contributed by atoms with Crippen LogP contribution in [0.3, 0.4) is 0 Å². The highest BCUT2D eigenvalue weighted by atomic mass is 32.2. The fourth-order valence-electron chi connectivity index (χ4n) is 2.00. The van der Waals surface area contributed by atoms with Gasteiger partial charge in [-0.3, -0.25) is 4.79 Å². The average Bonchev–Trinajstić information content (AvgIpc) is 2.74. The van der Waals surface area contributed by atoms with Crippen molar-refractivity contribution in [3.63, 3.8) is 0 Å². The van der Waals surface area contributed by atoms with Crippen LogP contribution in [0.25, 0.3) is 0 Å². The summed E-state index contributed by atoms with van der Waals surface area (Å²) in [5.74, 6) is 1.13. The maximum absolute atomic E-state index is 12.2. The number of thioether (sulfide) groups is 1. The Labute approximate surface area is 128 Å². The SMILES string of the molecule is CCC(CSC)NC(=O)c1sc(NC2CCC2)nc1N. The van der Waals surface area contributed by atoms with Crippen molar-refractivity contribution in [2.45, 2.75) is 44.7 Å². The minimum atomic E-state index is -0.109. The lowest BCUT2D eigenvalue weighted by Crippen LogP contribution is -2.36. The summed E-state index contributed by atoms with van der Waals surface area (Å²) in [5, 5.41) is 7.11. The van der Waals surface area contributed by atoms with Gasteiger partial charge in [-0.25, -0.2) is 4.98 Å². The second-order valence-corrected chi connectivity index (χ2v) is 6.95. The van der Waals surface area contributed by atoms with Crippen LogP contribution in [0, 0.1) is 0 Å². The molecule has 20 heavy (non-hydrogen) atoms. The number of anilines is 2. The molecular formula is C13H22N4OS2. The van der Waals surface area contributed by atoms with E-state index in [2.05, 4.69) is 22.5 Å². The average molecular weight is 314 g/mol. The van der Waals surface area contributed by atoms with E-state index >= 15 is 0 Å². The van der Waals surface area contributed by atoms with Gasteiger partial charge in [0.1, 0.15) is 10.7 Å². The molecule has 1 unspecified atom stereocenters. The minimum Gasteiger partial charge on any atom is -0.382 e. The van der Waals surface area contributed by atoms with Crippen LogP contribution in [0.5, 0.6) is 0 Å². The highest BCUT2D eigenvalue weighted by Crippen LogP contribution is 2.29. The Morgan fingerprint density at radius 3 is 2.90 bits per heavy atom.